The Morgan fingerprint density at radius 3 is 1.67 bits per heavy atom. The highest BCUT2D eigenvalue weighted by Gasteiger charge is 2.28. The molecule has 2 unspecified atom stereocenters. The lowest BCUT2D eigenvalue weighted by molar-refractivity contribution is -0.161. The minimum Gasteiger partial charge on any atom is -0.462 e. The minimum absolute atomic E-state index is 0.0354. The Morgan fingerprint density at radius 1 is 0.586 bits per heavy atom. The van der Waals surface area contributed by atoms with E-state index in [1.54, 1.807) is 0 Å². The molecule has 6 atom stereocenters. The van der Waals surface area contributed by atoms with Gasteiger partial charge in [-0.15, -0.1) is 0 Å². The van der Waals surface area contributed by atoms with Crippen LogP contribution in [0.2, 0.25) is 0 Å². The van der Waals surface area contributed by atoms with Gasteiger partial charge in [0.15, 0.2) is 6.10 Å². The molecule has 0 rings (SSSR count). The zero-order chi connectivity index (χ0) is 43.5. The summed E-state index contributed by atoms with van der Waals surface area (Å²) in [6.07, 6.45) is 22.3. The van der Waals surface area contributed by atoms with Crippen molar-refractivity contribution in [1.82, 2.24) is 0 Å². The van der Waals surface area contributed by atoms with Crippen molar-refractivity contribution in [3.63, 3.8) is 0 Å². The molecule has 0 fully saturated rings. The second kappa shape index (κ2) is 36.4. The average Bonchev–Trinajstić information content (AvgIpc) is 3.18. The van der Waals surface area contributed by atoms with Gasteiger partial charge in [-0.3, -0.25) is 23.2 Å². The van der Waals surface area contributed by atoms with Crippen molar-refractivity contribution in [1.29, 1.82) is 0 Å². The summed E-state index contributed by atoms with van der Waals surface area (Å²) in [4.78, 5) is 52.7. The van der Waals surface area contributed by atoms with Gasteiger partial charge in [0, 0.05) is 12.8 Å². The van der Waals surface area contributed by atoms with Crippen LogP contribution in [0.25, 0.3) is 0 Å². The normalized spacial score (nSPS) is 15.8. The summed E-state index contributed by atoms with van der Waals surface area (Å²) in [5.41, 5.74) is 0. The predicted molar refractivity (Wildman–Crippen MR) is 224 cm³/mol. The summed E-state index contributed by atoms with van der Waals surface area (Å²) < 4.78 is 47.7. The van der Waals surface area contributed by atoms with Gasteiger partial charge in [0.05, 0.1) is 32.0 Å². The third-order valence-electron chi connectivity index (χ3n) is 9.89. The van der Waals surface area contributed by atoms with Gasteiger partial charge in [-0.05, 0) is 44.4 Å². The van der Waals surface area contributed by atoms with Crippen LogP contribution in [0, 0.1) is 5.92 Å². The Kier molecular flexibility index (Phi) is 35.7. The van der Waals surface area contributed by atoms with Crippen LogP contribution in [0.5, 0.6) is 0 Å². The lowest BCUT2D eigenvalue weighted by Crippen LogP contribution is -2.30. The fraction of sp³-hybridized carbons (Fsp3) is 0.902. The third kappa shape index (κ3) is 37.8. The van der Waals surface area contributed by atoms with E-state index in [2.05, 4.69) is 29.8 Å². The van der Waals surface area contributed by atoms with E-state index in [9.17, 15) is 38.9 Å². The van der Waals surface area contributed by atoms with Gasteiger partial charge in [-0.1, -0.05) is 142 Å². The molecule has 58 heavy (non-hydrogen) atoms. The summed E-state index contributed by atoms with van der Waals surface area (Å²) in [5.74, 6) is -0.322. The van der Waals surface area contributed by atoms with E-state index in [-0.39, 0.29) is 12.8 Å². The van der Waals surface area contributed by atoms with Gasteiger partial charge >= 0.3 is 27.6 Å². The molecule has 0 saturated carbocycles. The largest absolute Gasteiger partial charge is 0.472 e. The van der Waals surface area contributed by atoms with Crippen molar-refractivity contribution in [3.05, 3.63) is 12.2 Å². The van der Waals surface area contributed by atoms with Crippen molar-refractivity contribution in [3.8, 4) is 0 Å². The van der Waals surface area contributed by atoms with Crippen LogP contribution in [0.15, 0.2) is 12.2 Å². The standard InChI is InChI=1S/C41H80O15P2/c1-4-6-7-8-17-22-27-38(43)39(44)28-23-18-15-20-25-30-41(46)56-37(34-55-58(50,51)54-32-36(42)31-53-57(47,48)49)33-52-40(45)29-24-19-14-12-10-9-11-13-16-21-26-35(3)5-2/h17,22,35-39,42-44H,4-16,18-21,23-34H2,1-3H3,(H,50,51)(H2,47,48,49)/b22-17-/t35?,36-,37+,38-,39-/m0/s1. The van der Waals surface area contributed by atoms with E-state index in [4.69, 9.17) is 23.8 Å². The lowest BCUT2D eigenvalue weighted by Gasteiger charge is -2.20. The first-order chi connectivity index (χ1) is 27.6. The highest BCUT2D eigenvalue weighted by molar-refractivity contribution is 7.47. The molecule has 15 nitrogen and oxygen atoms in total. The first-order valence-electron chi connectivity index (χ1n) is 21.9. The van der Waals surface area contributed by atoms with Crippen LogP contribution in [-0.2, 0) is 41.8 Å². The number of allylic oxidation sites excluding steroid dienone is 1. The van der Waals surface area contributed by atoms with Crippen LogP contribution in [-0.4, -0.2) is 92.8 Å². The fourth-order valence-corrected chi connectivity index (χ4v) is 7.15. The quantitative estimate of drug-likeness (QED) is 0.0146. The Morgan fingerprint density at radius 2 is 1.10 bits per heavy atom. The van der Waals surface area contributed by atoms with Crippen molar-refractivity contribution >= 4 is 27.6 Å². The predicted octanol–water partition coefficient (Wildman–Crippen LogP) is 8.75. The molecule has 0 aromatic heterocycles. The van der Waals surface area contributed by atoms with E-state index in [1.807, 2.05) is 12.2 Å². The molecule has 17 heteroatoms. The van der Waals surface area contributed by atoms with Crippen molar-refractivity contribution in [2.45, 2.75) is 206 Å². The second-order valence-electron chi connectivity index (χ2n) is 15.5. The summed E-state index contributed by atoms with van der Waals surface area (Å²) in [7, 11) is -9.72. The molecule has 0 bridgehead atoms. The maximum absolute atomic E-state index is 12.7. The van der Waals surface area contributed by atoms with Crippen LogP contribution >= 0.6 is 15.6 Å². The molecule has 6 N–H and O–H groups in total. The number of unbranched alkanes of at least 4 members (excludes halogenated alkanes) is 16. The molecule has 0 aromatic carbocycles. The van der Waals surface area contributed by atoms with Gasteiger partial charge in [-0.25, -0.2) is 9.13 Å². The number of rotatable bonds is 41. The smallest absolute Gasteiger partial charge is 0.462 e. The zero-order valence-electron chi connectivity index (χ0n) is 35.8. The maximum Gasteiger partial charge on any atom is 0.472 e. The summed E-state index contributed by atoms with van der Waals surface area (Å²) in [5, 5.41) is 30.2. The van der Waals surface area contributed by atoms with Crippen molar-refractivity contribution in [2.75, 3.05) is 26.4 Å². The van der Waals surface area contributed by atoms with E-state index >= 15 is 0 Å². The van der Waals surface area contributed by atoms with Gasteiger partial charge in [-0.2, -0.15) is 0 Å². The molecule has 344 valence electrons. The summed E-state index contributed by atoms with van der Waals surface area (Å²) in [6, 6.07) is 0. The van der Waals surface area contributed by atoms with E-state index in [0.29, 0.717) is 32.1 Å². The van der Waals surface area contributed by atoms with Gasteiger partial charge in [0.25, 0.3) is 0 Å². The Bertz CT molecular complexity index is 1130. The number of hydrogen-bond acceptors (Lipinski definition) is 12. The number of aliphatic hydroxyl groups is 3. The monoisotopic (exact) mass is 874 g/mol. The highest BCUT2D eigenvalue weighted by atomic mass is 31.2. The number of phosphoric ester groups is 2. The first-order valence-corrected chi connectivity index (χ1v) is 25.0. The number of aliphatic hydroxyl groups excluding tert-OH is 3. The molecular weight excluding hydrogens is 794 g/mol. The van der Waals surface area contributed by atoms with Crippen LogP contribution in [0.4, 0.5) is 0 Å². The third-order valence-corrected chi connectivity index (χ3v) is 11.3. The summed E-state index contributed by atoms with van der Waals surface area (Å²) in [6.45, 7) is 3.86. The summed E-state index contributed by atoms with van der Waals surface area (Å²) >= 11 is 0. The Hall–Kier alpha value is -1.22. The zero-order valence-corrected chi connectivity index (χ0v) is 37.6. The van der Waals surface area contributed by atoms with Gasteiger partial charge in [0.1, 0.15) is 12.7 Å². The molecule has 0 aliphatic carbocycles. The number of carbonyl (C=O) groups is 2. The topological polar surface area (TPSA) is 236 Å². The Balaban J connectivity index is 4.63. The number of hydrogen-bond donors (Lipinski definition) is 6. The molecule has 0 aromatic rings. The lowest BCUT2D eigenvalue weighted by atomic mass is 9.99. The number of esters is 2. The molecular formula is C41H80O15P2. The molecule has 0 radical (unpaired) electrons. The van der Waals surface area contributed by atoms with Crippen LogP contribution in [0.3, 0.4) is 0 Å². The molecule has 0 aliphatic heterocycles. The molecule has 0 amide bonds. The number of phosphoric acid groups is 2. The van der Waals surface area contributed by atoms with E-state index in [0.717, 1.165) is 63.7 Å². The van der Waals surface area contributed by atoms with E-state index < -0.39 is 78.4 Å². The maximum atomic E-state index is 12.7. The minimum atomic E-state index is -4.88. The number of carbonyl (C=O) groups excluding carboxylic acids is 2. The van der Waals surface area contributed by atoms with Crippen LogP contribution in [0.1, 0.15) is 181 Å². The first kappa shape index (κ1) is 56.8. The average molecular weight is 875 g/mol. The second-order valence-corrected chi connectivity index (χ2v) is 18.2. The van der Waals surface area contributed by atoms with Crippen molar-refractivity contribution < 1.29 is 71.8 Å². The molecule has 0 aliphatic rings. The van der Waals surface area contributed by atoms with E-state index in [1.165, 1.54) is 57.8 Å². The van der Waals surface area contributed by atoms with Crippen molar-refractivity contribution in [2.24, 2.45) is 5.92 Å². The number of ether oxygens (including phenoxy) is 2. The molecule has 0 saturated heterocycles. The van der Waals surface area contributed by atoms with Gasteiger partial charge in [0.2, 0.25) is 0 Å². The van der Waals surface area contributed by atoms with Gasteiger partial charge < -0.3 is 39.5 Å². The molecule has 0 heterocycles. The van der Waals surface area contributed by atoms with Crippen LogP contribution < -0.4 is 0 Å². The SMILES string of the molecule is CCCCC/C=C\C[C@H](O)[C@@H](O)CCCCCCCC(=O)O[C@H](COC(=O)CCCCCCCCCCCCC(C)CC)COP(=O)(O)OC[C@@H](O)COP(=O)(O)O. The fourth-order valence-electron chi connectivity index (χ4n) is 5.99. The highest BCUT2D eigenvalue weighted by Crippen LogP contribution is 2.43. The Labute approximate surface area is 348 Å². The molecule has 0 spiro atoms.